The van der Waals surface area contributed by atoms with Crippen LogP contribution in [-0.2, 0) is 11.2 Å². The summed E-state index contributed by atoms with van der Waals surface area (Å²) >= 11 is 0. The van der Waals surface area contributed by atoms with Crippen LogP contribution in [0.2, 0.25) is 0 Å². The van der Waals surface area contributed by atoms with Gasteiger partial charge in [-0.25, -0.2) is 0 Å². The Morgan fingerprint density at radius 2 is 2.04 bits per heavy atom. The number of aryl methyl sites for hydroxylation is 2. The Hall–Kier alpha value is -2.62. The molecule has 2 aromatic carbocycles. The van der Waals surface area contributed by atoms with Crippen LogP contribution < -0.4 is 10.1 Å². The Bertz CT molecular complexity index is 902. The molecule has 0 unspecified atom stereocenters. The molecular weight excluding hydrogens is 338 g/mol. The number of carbonyl (C=O) groups excluding carboxylic acids is 2. The van der Waals surface area contributed by atoms with Crippen LogP contribution in [0.3, 0.4) is 0 Å². The molecule has 0 fully saturated rings. The number of benzene rings is 2. The second-order valence-electron chi connectivity index (χ2n) is 7.70. The molecule has 0 saturated heterocycles. The van der Waals surface area contributed by atoms with Crippen LogP contribution in [0.15, 0.2) is 36.4 Å². The molecular formula is C23H25NO3. The van der Waals surface area contributed by atoms with E-state index in [4.69, 9.17) is 4.74 Å². The van der Waals surface area contributed by atoms with Crippen LogP contribution >= 0.6 is 0 Å². The summed E-state index contributed by atoms with van der Waals surface area (Å²) in [6.07, 6.45) is 3.59. The molecule has 4 heteroatoms. The molecule has 4 nitrogen and oxygen atoms in total. The highest BCUT2D eigenvalue weighted by Gasteiger charge is 2.31. The summed E-state index contributed by atoms with van der Waals surface area (Å²) in [7, 11) is 0. The monoisotopic (exact) mass is 363 g/mol. The predicted molar refractivity (Wildman–Crippen MR) is 104 cm³/mol. The molecule has 2 aliphatic carbocycles. The van der Waals surface area contributed by atoms with Gasteiger partial charge in [0.25, 0.3) is 5.91 Å². The van der Waals surface area contributed by atoms with Crippen molar-refractivity contribution in [1.82, 2.24) is 5.32 Å². The number of ether oxygens (including phenoxy) is 1. The molecule has 0 spiro atoms. The minimum atomic E-state index is -0.149. The maximum Gasteiger partial charge on any atom is 0.258 e. The van der Waals surface area contributed by atoms with Crippen LogP contribution in [0.5, 0.6) is 5.75 Å². The highest BCUT2D eigenvalue weighted by Crippen LogP contribution is 2.40. The van der Waals surface area contributed by atoms with Gasteiger partial charge in [-0.05, 0) is 60.4 Å². The number of nitrogens with one attached hydrogen (secondary N) is 1. The van der Waals surface area contributed by atoms with E-state index < -0.39 is 0 Å². The number of Topliss-reactive ketones (excluding diaryl/α,β-unsaturated/α-hetero) is 1. The number of rotatable bonds is 4. The summed E-state index contributed by atoms with van der Waals surface area (Å²) < 4.78 is 5.78. The van der Waals surface area contributed by atoms with Gasteiger partial charge in [0.2, 0.25) is 0 Å². The summed E-state index contributed by atoms with van der Waals surface area (Å²) in [5.74, 6) is 0.704. The Labute approximate surface area is 159 Å². The smallest absolute Gasteiger partial charge is 0.258 e. The van der Waals surface area contributed by atoms with Crippen molar-refractivity contribution in [3.05, 3.63) is 64.2 Å². The summed E-state index contributed by atoms with van der Waals surface area (Å²) in [6.45, 7) is 4.01. The number of hydrogen-bond acceptors (Lipinski definition) is 3. The standard InChI is InChI=1S/C23H25NO3/c1-14-10-11-20(23-19(25)12-15(2)22(14)23)27-13-21(26)24-18-9-5-7-16-6-3-4-8-17(16)18/h3-4,6,8,10-11,15,18H,5,7,9,12-13H2,1-2H3,(H,24,26)/t15-,18+/m0/s1. The molecule has 140 valence electrons. The first-order valence-electron chi connectivity index (χ1n) is 9.71. The number of fused-ring (bicyclic) bond motifs is 2. The average Bonchev–Trinajstić information content (AvgIpc) is 2.97. The quantitative estimate of drug-likeness (QED) is 0.883. The van der Waals surface area contributed by atoms with E-state index in [0.29, 0.717) is 17.7 Å². The van der Waals surface area contributed by atoms with Crippen molar-refractivity contribution in [2.45, 2.75) is 51.5 Å². The molecule has 4 rings (SSSR count). The number of carbonyl (C=O) groups is 2. The summed E-state index contributed by atoms with van der Waals surface area (Å²) in [5.41, 5.74) is 5.36. The van der Waals surface area contributed by atoms with E-state index in [9.17, 15) is 9.59 Å². The number of ketones is 1. The second-order valence-corrected chi connectivity index (χ2v) is 7.70. The van der Waals surface area contributed by atoms with Gasteiger partial charge in [-0.1, -0.05) is 37.3 Å². The minimum Gasteiger partial charge on any atom is -0.483 e. The summed E-state index contributed by atoms with van der Waals surface area (Å²) in [6, 6.07) is 12.1. The van der Waals surface area contributed by atoms with Crippen LogP contribution in [0, 0.1) is 6.92 Å². The fraction of sp³-hybridized carbons (Fsp3) is 0.391. The lowest BCUT2D eigenvalue weighted by molar-refractivity contribution is -0.124. The molecule has 2 aliphatic rings. The van der Waals surface area contributed by atoms with E-state index in [0.717, 1.165) is 30.4 Å². The molecule has 27 heavy (non-hydrogen) atoms. The van der Waals surface area contributed by atoms with Crippen molar-refractivity contribution in [2.75, 3.05) is 6.61 Å². The second kappa shape index (κ2) is 7.18. The van der Waals surface area contributed by atoms with Crippen molar-refractivity contribution >= 4 is 11.7 Å². The lowest BCUT2D eigenvalue weighted by Gasteiger charge is -2.26. The molecule has 0 saturated carbocycles. The Morgan fingerprint density at radius 3 is 2.89 bits per heavy atom. The van der Waals surface area contributed by atoms with Crippen molar-refractivity contribution < 1.29 is 14.3 Å². The maximum atomic E-state index is 12.5. The van der Waals surface area contributed by atoms with Gasteiger partial charge in [-0.3, -0.25) is 9.59 Å². The minimum absolute atomic E-state index is 0.0384. The average molecular weight is 363 g/mol. The van der Waals surface area contributed by atoms with Crippen LogP contribution in [0.25, 0.3) is 0 Å². The van der Waals surface area contributed by atoms with E-state index in [1.807, 2.05) is 31.2 Å². The van der Waals surface area contributed by atoms with Crippen LogP contribution in [0.4, 0.5) is 0 Å². The van der Waals surface area contributed by atoms with Gasteiger partial charge in [0.05, 0.1) is 11.6 Å². The van der Waals surface area contributed by atoms with Crippen molar-refractivity contribution in [3.63, 3.8) is 0 Å². The summed E-state index contributed by atoms with van der Waals surface area (Å²) in [5, 5.41) is 3.10. The zero-order valence-corrected chi connectivity index (χ0v) is 15.9. The van der Waals surface area contributed by atoms with Gasteiger partial charge in [0.15, 0.2) is 12.4 Å². The van der Waals surface area contributed by atoms with E-state index in [1.54, 1.807) is 0 Å². The molecule has 0 radical (unpaired) electrons. The van der Waals surface area contributed by atoms with Crippen molar-refractivity contribution in [1.29, 1.82) is 0 Å². The Balaban J connectivity index is 1.45. The SMILES string of the molecule is Cc1ccc(OCC(=O)N[C@@H]2CCCc3ccccc32)c2c1[C@@H](C)CC2=O. The first-order valence-corrected chi connectivity index (χ1v) is 9.71. The first kappa shape index (κ1) is 17.8. The van der Waals surface area contributed by atoms with Gasteiger partial charge in [-0.2, -0.15) is 0 Å². The maximum absolute atomic E-state index is 12.5. The van der Waals surface area contributed by atoms with Gasteiger partial charge in [0, 0.05) is 6.42 Å². The summed E-state index contributed by atoms with van der Waals surface area (Å²) in [4.78, 5) is 24.9. The number of hydrogen-bond donors (Lipinski definition) is 1. The molecule has 1 N–H and O–H groups in total. The molecule has 0 aliphatic heterocycles. The molecule has 0 heterocycles. The van der Waals surface area contributed by atoms with Crippen molar-refractivity contribution in [2.24, 2.45) is 0 Å². The zero-order chi connectivity index (χ0) is 19.0. The topological polar surface area (TPSA) is 55.4 Å². The largest absolute Gasteiger partial charge is 0.483 e. The normalized spacial score (nSPS) is 20.7. The van der Waals surface area contributed by atoms with E-state index >= 15 is 0 Å². The van der Waals surface area contributed by atoms with Crippen molar-refractivity contribution in [3.8, 4) is 5.75 Å². The lowest BCUT2D eigenvalue weighted by Crippen LogP contribution is -2.34. The van der Waals surface area contributed by atoms with E-state index in [2.05, 4.69) is 24.4 Å². The van der Waals surface area contributed by atoms with Crippen LogP contribution in [-0.4, -0.2) is 18.3 Å². The molecule has 2 aromatic rings. The number of amides is 1. The molecule has 0 aromatic heterocycles. The van der Waals surface area contributed by atoms with Gasteiger partial charge in [-0.15, -0.1) is 0 Å². The highest BCUT2D eigenvalue weighted by atomic mass is 16.5. The van der Waals surface area contributed by atoms with E-state index in [-0.39, 0.29) is 30.3 Å². The molecule has 1 amide bonds. The third kappa shape index (κ3) is 3.36. The first-order chi connectivity index (χ1) is 13.0. The fourth-order valence-electron chi connectivity index (χ4n) is 4.51. The third-order valence-electron chi connectivity index (χ3n) is 5.75. The highest BCUT2D eigenvalue weighted by molar-refractivity contribution is 6.04. The van der Waals surface area contributed by atoms with E-state index in [1.165, 1.54) is 11.1 Å². The molecule has 0 bridgehead atoms. The van der Waals surface area contributed by atoms with Gasteiger partial charge in [0.1, 0.15) is 5.75 Å². The fourth-order valence-corrected chi connectivity index (χ4v) is 4.51. The molecule has 2 atom stereocenters. The Kier molecular flexibility index (Phi) is 4.73. The lowest BCUT2D eigenvalue weighted by atomic mass is 9.88. The Morgan fingerprint density at radius 1 is 1.22 bits per heavy atom. The predicted octanol–water partition coefficient (Wildman–Crippen LogP) is 4.26. The van der Waals surface area contributed by atoms with Crippen LogP contribution in [0.1, 0.15) is 70.8 Å². The van der Waals surface area contributed by atoms with Gasteiger partial charge >= 0.3 is 0 Å². The third-order valence-corrected chi connectivity index (χ3v) is 5.75. The van der Waals surface area contributed by atoms with Gasteiger partial charge < -0.3 is 10.1 Å². The zero-order valence-electron chi connectivity index (χ0n) is 15.9.